The number of carbonyl (C=O) groups is 1. The van der Waals surface area contributed by atoms with Crippen molar-refractivity contribution in [1.29, 1.82) is 0 Å². The number of nitrogens with one attached hydrogen (secondary N) is 3. The average molecular weight is 325 g/mol. The summed E-state index contributed by atoms with van der Waals surface area (Å²) in [6, 6.07) is 5.08. The smallest absolute Gasteiger partial charge is 0.319 e. The van der Waals surface area contributed by atoms with E-state index in [9.17, 15) is 9.90 Å². The molecule has 5 nitrogen and oxygen atoms in total. The van der Waals surface area contributed by atoms with Gasteiger partial charge in [-0.3, -0.25) is 0 Å². The van der Waals surface area contributed by atoms with Crippen LogP contribution in [0.4, 0.5) is 16.2 Å². The number of thiol groups is 1. The number of aryl methyl sites for hydroxylation is 1. The van der Waals surface area contributed by atoms with E-state index in [2.05, 4.69) is 28.6 Å². The topological polar surface area (TPSA) is 73.4 Å². The van der Waals surface area contributed by atoms with Gasteiger partial charge in [0.15, 0.2) is 0 Å². The maximum Gasteiger partial charge on any atom is 0.319 e. The maximum absolute atomic E-state index is 12.2. The molecule has 0 aliphatic rings. The number of para-hydroxylation sites is 1. The highest BCUT2D eigenvalue weighted by atomic mass is 32.1. The summed E-state index contributed by atoms with van der Waals surface area (Å²) in [7, 11) is 0. The van der Waals surface area contributed by atoms with Gasteiger partial charge >= 0.3 is 6.03 Å². The number of benzene rings is 1. The van der Waals surface area contributed by atoms with E-state index in [0.717, 1.165) is 11.3 Å². The summed E-state index contributed by atoms with van der Waals surface area (Å²) in [6.45, 7) is 8.51. The Morgan fingerprint density at radius 1 is 1.36 bits per heavy atom. The molecule has 1 aromatic rings. The minimum Gasteiger partial charge on any atom is -0.394 e. The molecular weight excluding hydrogens is 298 g/mol. The van der Waals surface area contributed by atoms with Gasteiger partial charge in [-0.2, -0.15) is 12.6 Å². The molecule has 0 saturated heterocycles. The lowest BCUT2D eigenvalue weighted by atomic mass is 9.87. The number of aliphatic hydroxyl groups excluding tert-OH is 1. The molecule has 0 bridgehead atoms. The molecule has 0 saturated carbocycles. The number of rotatable bonds is 6. The third-order valence-corrected chi connectivity index (χ3v) is 3.69. The quantitative estimate of drug-likeness (QED) is 0.522. The largest absolute Gasteiger partial charge is 0.394 e. The molecule has 1 rings (SSSR count). The third kappa shape index (κ3) is 5.42. The maximum atomic E-state index is 12.2. The van der Waals surface area contributed by atoms with Crippen LogP contribution in [0, 0.1) is 12.3 Å². The number of hydrogen-bond donors (Lipinski definition) is 5. The highest BCUT2D eigenvalue weighted by molar-refractivity contribution is 7.80. The summed E-state index contributed by atoms with van der Waals surface area (Å²) in [4.78, 5) is 12.2. The molecule has 0 radical (unpaired) electrons. The average Bonchev–Trinajstić information content (AvgIpc) is 2.43. The molecule has 0 aromatic heterocycles. The van der Waals surface area contributed by atoms with Crippen LogP contribution in [-0.4, -0.2) is 36.1 Å². The van der Waals surface area contributed by atoms with E-state index in [1.807, 2.05) is 45.9 Å². The first-order valence-corrected chi connectivity index (χ1v) is 8.05. The molecule has 2 amide bonds. The molecular formula is C16H27N3O2S. The Morgan fingerprint density at radius 2 is 2.05 bits per heavy atom. The zero-order valence-corrected chi connectivity index (χ0v) is 14.6. The van der Waals surface area contributed by atoms with Crippen LogP contribution >= 0.6 is 12.6 Å². The number of amides is 2. The molecule has 0 fully saturated rings. The van der Waals surface area contributed by atoms with E-state index in [-0.39, 0.29) is 24.1 Å². The SMILES string of the molecule is Cc1cccc(NC(=O)N[C@H](CO)C(C)(C)C)c1NCCS. The minimum atomic E-state index is -0.325. The van der Waals surface area contributed by atoms with Crippen molar-refractivity contribution in [2.24, 2.45) is 5.41 Å². The Hall–Kier alpha value is -1.40. The van der Waals surface area contributed by atoms with Gasteiger partial charge < -0.3 is 21.1 Å². The Bertz CT molecular complexity index is 501. The monoisotopic (exact) mass is 325 g/mol. The van der Waals surface area contributed by atoms with Crippen molar-refractivity contribution >= 4 is 30.0 Å². The van der Waals surface area contributed by atoms with Gasteiger partial charge in [0.1, 0.15) is 0 Å². The fraction of sp³-hybridized carbons (Fsp3) is 0.562. The van der Waals surface area contributed by atoms with Gasteiger partial charge in [-0.15, -0.1) is 0 Å². The van der Waals surface area contributed by atoms with Crippen molar-refractivity contribution < 1.29 is 9.90 Å². The van der Waals surface area contributed by atoms with Crippen LogP contribution < -0.4 is 16.0 Å². The Labute approximate surface area is 138 Å². The molecule has 0 spiro atoms. The Kier molecular flexibility index (Phi) is 7.03. The standard InChI is InChI=1S/C16H27N3O2S/c1-11-6-5-7-12(14(11)17-8-9-22)18-15(21)19-13(10-20)16(2,3)4/h5-7,13,17,20,22H,8-10H2,1-4H3,(H2,18,19,21)/t13-/m1/s1. The molecule has 6 heteroatoms. The second kappa shape index (κ2) is 8.29. The first-order valence-electron chi connectivity index (χ1n) is 7.42. The highest BCUT2D eigenvalue weighted by Gasteiger charge is 2.25. The molecule has 22 heavy (non-hydrogen) atoms. The lowest BCUT2D eigenvalue weighted by Crippen LogP contribution is -2.47. The third-order valence-electron chi connectivity index (χ3n) is 3.47. The minimum absolute atomic E-state index is 0.102. The van der Waals surface area contributed by atoms with Gasteiger partial charge in [-0.25, -0.2) is 4.79 Å². The van der Waals surface area contributed by atoms with E-state index < -0.39 is 0 Å². The number of anilines is 2. The molecule has 4 N–H and O–H groups in total. The van der Waals surface area contributed by atoms with Crippen LogP contribution in [0.15, 0.2) is 18.2 Å². The summed E-state index contributed by atoms with van der Waals surface area (Å²) in [5.74, 6) is 0.705. The van der Waals surface area contributed by atoms with Crippen molar-refractivity contribution in [3.05, 3.63) is 23.8 Å². The first kappa shape index (κ1) is 18.6. The molecule has 1 aromatic carbocycles. The fourth-order valence-corrected chi connectivity index (χ4v) is 2.15. The van der Waals surface area contributed by atoms with Crippen molar-refractivity contribution in [2.45, 2.75) is 33.7 Å². The van der Waals surface area contributed by atoms with Crippen molar-refractivity contribution in [1.82, 2.24) is 5.32 Å². The van der Waals surface area contributed by atoms with Crippen LogP contribution in [0.5, 0.6) is 0 Å². The molecule has 0 aliphatic heterocycles. The summed E-state index contributed by atoms with van der Waals surface area (Å²) in [5, 5.41) is 18.4. The summed E-state index contributed by atoms with van der Waals surface area (Å²) >= 11 is 4.19. The van der Waals surface area contributed by atoms with Crippen LogP contribution in [0.3, 0.4) is 0 Å². The molecule has 0 aliphatic carbocycles. The van der Waals surface area contributed by atoms with E-state index in [1.165, 1.54) is 0 Å². The van der Waals surface area contributed by atoms with E-state index in [4.69, 9.17) is 0 Å². The summed E-state index contributed by atoms with van der Waals surface area (Å²) in [5.41, 5.74) is 2.44. The number of urea groups is 1. The molecule has 124 valence electrons. The number of hydrogen-bond acceptors (Lipinski definition) is 4. The van der Waals surface area contributed by atoms with Gasteiger partial charge in [-0.1, -0.05) is 32.9 Å². The van der Waals surface area contributed by atoms with Crippen molar-refractivity contribution in [2.75, 3.05) is 29.5 Å². The van der Waals surface area contributed by atoms with Crippen LogP contribution in [0.1, 0.15) is 26.3 Å². The van der Waals surface area contributed by atoms with Crippen LogP contribution in [0.25, 0.3) is 0 Å². The van der Waals surface area contributed by atoms with E-state index >= 15 is 0 Å². The zero-order chi connectivity index (χ0) is 16.8. The summed E-state index contributed by atoms with van der Waals surface area (Å²) in [6.07, 6.45) is 0. The summed E-state index contributed by atoms with van der Waals surface area (Å²) < 4.78 is 0. The Morgan fingerprint density at radius 3 is 2.59 bits per heavy atom. The predicted octanol–water partition coefficient (Wildman–Crippen LogP) is 2.87. The van der Waals surface area contributed by atoms with Gasteiger partial charge in [0.2, 0.25) is 0 Å². The number of carbonyl (C=O) groups excluding carboxylic acids is 1. The van der Waals surface area contributed by atoms with Crippen molar-refractivity contribution in [3.63, 3.8) is 0 Å². The predicted molar refractivity (Wildman–Crippen MR) is 96.0 cm³/mol. The van der Waals surface area contributed by atoms with Gasteiger partial charge in [0, 0.05) is 12.3 Å². The Balaban J connectivity index is 2.81. The normalized spacial score (nSPS) is 12.6. The second-order valence-corrected chi connectivity index (χ2v) is 6.79. The first-order chi connectivity index (χ1) is 10.3. The van der Waals surface area contributed by atoms with Crippen molar-refractivity contribution in [3.8, 4) is 0 Å². The lowest BCUT2D eigenvalue weighted by molar-refractivity contribution is 0.162. The van der Waals surface area contributed by atoms with E-state index in [1.54, 1.807) is 0 Å². The highest BCUT2D eigenvalue weighted by Crippen LogP contribution is 2.26. The molecule has 1 atom stereocenters. The lowest BCUT2D eigenvalue weighted by Gasteiger charge is -2.30. The van der Waals surface area contributed by atoms with E-state index in [0.29, 0.717) is 18.0 Å². The van der Waals surface area contributed by atoms with Gasteiger partial charge in [0.05, 0.1) is 24.0 Å². The fourth-order valence-electron chi connectivity index (χ4n) is 2.04. The van der Waals surface area contributed by atoms with Gasteiger partial charge in [0.25, 0.3) is 0 Å². The molecule has 0 heterocycles. The number of aliphatic hydroxyl groups is 1. The second-order valence-electron chi connectivity index (χ2n) is 6.35. The van der Waals surface area contributed by atoms with Crippen LogP contribution in [-0.2, 0) is 0 Å². The zero-order valence-electron chi connectivity index (χ0n) is 13.7. The molecule has 0 unspecified atom stereocenters. The van der Waals surface area contributed by atoms with Crippen LogP contribution in [0.2, 0.25) is 0 Å². The van der Waals surface area contributed by atoms with Gasteiger partial charge in [-0.05, 0) is 24.0 Å².